The molecule has 1 N–H and O–H groups in total. The maximum atomic E-state index is 13.2. The lowest BCUT2D eigenvalue weighted by molar-refractivity contribution is 0.0669. The minimum atomic E-state index is -0.282. The van der Waals surface area contributed by atoms with Crippen LogP contribution in [0.15, 0.2) is 54.6 Å². The summed E-state index contributed by atoms with van der Waals surface area (Å²) in [7, 11) is 0. The molecule has 0 bridgehead atoms. The molecule has 0 spiro atoms. The van der Waals surface area contributed by atoms with Crippen LogP contribution in [0.4, 0.5) is 5.69 Å². The Balaban J connectivity index is 1.53. The normalized spacial score (nSPS) is 17.6. The third-order valence-corrected chi connectivity index (χ3v) is 5.96. The summed E-state index contributed by atoms with van der Waals surface area (Å²) in [6.07, 6.45) is -0.282. The predicted octanol–water partition coefficient (Wildman–Crippen LogP) is 4.90. The van der Waals surface area contributed by atoms with E-state index < -0.39 is 0 Å². The fourth-order valence-electron chi connectivity index (χ4n) is 3.39. The van der Waals surface area contributed by atoms with Crippen molar-refractivity contribution in [1.82, 2.24) is 4.90 Å². The molecule has 7 heteroatoms. The molecule has 27 heavy (non-hydrogen) atoms. The number of carbonyl (C=O) groups excluding carboxylic acids is 1. The summed E-state index contributed by atoms with van der Waals surface area (Å²) in [6, 6.07) is 17.1. The first-order chi connectivity index (χ1) is 13.2. The van der Waals surface area contributed by atoms with Crippen LogP contribution in [0.3, 0.4) is 0 Å². The Bertz CT molecular complexity index is 1040. The third kappa shape index (κ3) is 2.91. The van der Waals surface area contributed by atoms with Crippen LogP contribution in [-0.2, 0) is 6.54 Å². The standard InChI is InChI=1S/C20H15ClN2O3S/c21-18-8-7-17(27-18)19-22-14-4-2-1-3-13(14)20(24)23(19)10-12-5-6-15-16(9-12)26-11-25-15/h1-9,19,22H,10-11H2. The molecule has 136 valence electrons. The average molecular weight is 399 g/mol. The smallest absolute Gasteiger partial charge is 0.258 e. The summed E-state index contributed by atoms with van der Waals surface area (Å²) in [6.45, 7) is 0.670. The molecular weight excluding hydrogens is 384 g/mol. The number of thiophene rings is 1. The van der Waals surface area contributed by atoms with Crippen LogP contribution in [0.25, 0.3) is 0 Å². The van der Waals surface area contributed by atoms with Crippen LogP contribution in [0.1, 0.15) is 27.0 Å². The van der Waals surface area contributed by atoms with Gasteiger partial charge in [-0.1, -0.05) is 29.8 Å². The molecule has 0 fully saturated rings. The number of amides is 1. The molecule has 1 aromatic heterocycles. The molecule has 3 aromatic rings. The van der Waals surface area contributed by atoms with Crippen molar-refractivity contribution >= 4 is 34.5 Å². The highest BCUT2D eigenvalue weighted by Gasteiger charge is 2.33. The summed E-state index contributed by atoms with van der Waals surface area (Å²) in [4.78, 5) is 16.1. The quantitative estimate of drug-likeness (QED) is 0.682. The van der Waals surface area contributed by atoms with Gasteiger partial charge in [0.1, 0.15) is 6.17 Å². The molecule has 1 unspecified atom stereocenters. The Morgan fingerprint density at radius 2 is 1.96 bits per heavy atom. The van der Waals surface area contributed by atoms with Gasteiger partial charge in [0.15, 0.2) is 11.5 Å². The molecule has 2 aromatic carbocycles. The van der Waals surface area contributed by atoms with Crippen molar-refractivity contribution < 1.29 is 14.3 Å². The zero-order chi connectivity index (χ0) is 18.4. The van der Waals surface area contributed by atoms with Crippen LogP contribution in [0.5, 0.6) is 11.5 Å². The van der Waals surface area contributed by atoms with Crippen molar-refractivity contribution in [2.45, 2.75) is 12.7 Å². The topological polar surface area (TPSA) is 50.8 Å². The number of hydrogen-bond acceptors (Lipinski definition) is 5. The molecule has 3 heterocycles. The van der Waals surface area contributed by atoms with E-state index >= 15 is 0 Å². The van der Waals surface area contributed by atoms with E-state index in [2.05, 4.69) is 5.32 Å². The van der Waals surface area contributed by atoms with Gasteiger partial charge in [0, 0.05) is 17.1 Å². The summed E-state index contributed by atoms with van der Waals surface area (Å²) < 4.78 is 11.5. The first kappa shape index (κ1) is 16.5. The predicted molar refractivity (Wildman–Crippen MR) is 105 cm³/mol. The van der Waals surface area contributed by atoms with E-state index in [0.717, 1.165) is 21.9 Å². The van der Waals surface area contributed by atoms with Gasteiger partial charge in [-0.3, -0.25) is 4.79 Å². The highest BCUT2D eigenvalue weighted by molar-refractivity contribution is 7.16. The van der Waals surface area contributed by atoms with E-state index in [1.54, 1.807) is 0 Å². The summed E-state index contributed by atoms with van der Waals surface area (Å²) in [5, 5.41) is 3.48. The molecule has 1 amide bonds. The van der Waals surface area contributed by atoms with Crippen molar-refractivity contribution in [1.29, 1.82) is 0 Å². The fraction of sp³-hybridized carbons (Fsp3) is 0.150. The molecular formula is C20H15ClN2O3S. The monoisotopic (exact) mass is 398 g/mol. The van der Waals surface area contributed by atoms with Crippen LogP contribution in [0, 0.1) is 0 Å². The number of para-hydroxylation sites is 1. The van der Waals surface area contributed by atoms with Crippen molar-refractivity contribution in [3.8, 4) is 11.5 Å². The van der Waals surface area contributed by atoms with Crippen molar-refractivity contribution in [2.24, 2.45) is 0 Å². The van der Waals surface area contributed by atoms with Gasteiger partial charge in [-0.2, -0.15) is 0 Å². The number of nitrogens with one attached hydrogen (secondary N) is 1. The number of fused-ring (bicyclic) bond motifs is 2. The van der Waals surface area contributed by atoms with Crippen LogP contribution >= 0.6 is 22.9 Å². The van der Waals surface area contributed by atoms with Gasteiger partial charge in [-0.25, -0.2) is 0 Å². The minimum absolute atomic E-state index is 0.0171. The Hall–Kier alpha value is -2.70. The van der Waals surface area contributed by atoms with Crippen molar-refractivity contribution in [3.63, 3.8) is 0 Å². The summed E-state index contributed by atoms with van der Waals surface area (Å²) in [5.41, 5.74) is 2.47. The lowest BCUT2D eigenvalue weighted by atomic mass is 10.1. The third-order valence-electron chi connectivity index (χ3n) is 4.68. The van der Waals surface area contributed by atoms with Gasteiger partial charge in [-0.15, -0.1) is 11.3 Å². The molecule has 1 atom stereocenters. The van der Waals surface area contributed by atoms with Crippen LogP contribution in [-0.4, -0.2) is 17.6 Å². The van der Waals surface area contributed by atoms with E-state index in [-0.39, 0.29) is 18.9 Å². The van der Waals surface area contributed by atoms with Gasteiger partial charge in [-0.05, 0) is 42.0 Å². The average Bonchev–Trinajstić information content (AvgIpc) is 3.32. The molecule has 0 aliphatic carbocycles. The highest BCUT2D eigenvalue weighted by atomic mass is 35.5. The Labute approximate surface area is 165 Å². The fourth-order valence-corrected chi connectivity index (χ4v) is 4.52. The summed E-state index contributed by atoms with van der Waals surface area (Å²) >= 11 is 7.61. The van der Waals surface area contributed by atoms with E-state index in [1.165, 1.54) is 11.3 Å². The first-order valence-electron chi connectivity index (χ1n) is 8.49. The van der Waals surface area contributed by atoms with E-state index in [1.807, 2.05) is 59.5 Å². The van der Waals surface area contributed by atoms with Gasteiger partial charge in [0.25, 0.3) is 5.91 Å². The van der Waals surface area contributed by atoms with Gasteiger partial charge >= 0.3 is 0 Å². The van der Waals surface area contributed by atoms with Gasteiger partial charge in [0.05, 0.1) is 9.90 Å². The second-order valence-electron chi connectivity index (χ2n) is 6.36. The van der Waals surface area contributed by atoms with Gasteiger partial charge < -0.3 is 19.7 Å². The minimum Gasteiger partial charge on any atom is -0.454 e. The lowest BCUT2D eigenvalue weighted by Gasteiger charge is -2.37. The Morgan fingerprint density at radius 1 is 1.11 bits per heavy atom. The number of carbonyl (C=O) groups is 1. The second kappa shape index (κ2) is 6.48. The zero-order valence-electron chi connectivity index (χ0n) is 14.1. The van der Waals surface area contributed by atoms with Crippen LogP contribution in [0.2, 0.25) is 4.34 Å². The van der Waals surface area contributed by atoms with Crippen LogP contribution < -0.4 is 14.8 Å². The molecule has 2 aliphatic heterocycles. The maximum absolute atomic E-state index is 13.2. The molecule has 5 nitrogen and oxygen atoms in total. The van der Waals surface area contributed by atoms with E-state index in [0.29, 0.717) is 22.2 Å². The number of halogens is 1. The maximum Gasteiger partial charge on any atom is 0.258 e. The van der Waals surface area contributed by atoms with E-state index in [4.69, 9.17) is 21.1 Å². The first-order valence-corrected chi connectivity index (χ1v) is 9.69. The second-order valence-corrected chi connectivity index (χ2v) is 8.10. The Kier molecular flexibility index (Phi) is 3.95. The number of benzene rings is 2. The highest BCUT2D eigenvalue weighted by Crippen LogP contribution is 2.39. The zero-order valence-corrected chi connectivity index (χ0v) is 15.7. The summed E-state index contributed by atoms with van der Waals surface area (Å²) in [5.74, 6) is 1.42. The Morgan fingerprint density at radius 3 is 2.81 bits per heavy atom. The molecule has 5 rings (SSSR count). The number of nitrogens with zero attached hydrogens (tertiary/aromatic N) is 1. The number of rotatable bonds is 3. The molecule has 0 radical (unpaired) electrons. The molecule has 0 saturated carbocycles. The van der Waals surface area contributed by atoms with E-state index in [9.17, 15) is 4.79 Å². The molecule has 2 aliphatic rings. The molecule has 0 saturated heterocycles. The van der Waals surface area contributed by atoms with Crippen molar-refractivity contribution in [2.75, 3.05) is 12.1 Å². The number of anilines is 1. The number of ether oxygens (including phenoxy) is 2. The largest absolute Gasteiger partial charge is 0.454 e. The van der Waals surface area contributed by atoms with Crippen molar-refractivity contribution in [3.05, 3.63) is 74.9 Å². The number of hydrogen-bond donors (Lipinski definition) is 1. The SMILES string of the molecule is O=C1c2ccccc2NC(c2ccc(Cl)s2)N1Cc1ccc2c(c1)OCO2. The lowest BCUT2D eigenvalue weighted by Crippen LogP contribution is -2.42. The van der Waals surface area contributed by atoms with Gasteiger partial charge in [0.2, 0.25) is 6.79 Å².